The number of hydrogen-bond donors (Lipinski definition) is 0. The van der Waals surface area contributed by atoms with Gasteiger partial charge >= 0.3 is 0 Å². The van der Waals surface area contributed by atoms with E-state index in [0.717, 1.165) is 22.1 Å². The predicted molar refractivity (Wildman–Crippen MR) is 85.5 cm³/mol. The zero-order chi connectivity index (χ0) is 15.5. The van der Waals surface area contributed by atoms with Crippen LogP contribution in [0.2, 0.25) is 0 Å². The molecule has 0 fully saturated rings. The summed E-state index contributed by atoms with van der Waals surface area (Å²) in [6.45, 7) is 1.88. The highest BCUT2D eigenvalue weighted by molar-refractivity contribution is 6.08. The van der Waals surface area contributed by atoms with Crippen molar-refractivity contribution in [3.63, 3.8) is 0 Å². The molecule has 0 aliphatic heterocycles. The number of nitriles is 1. The van der Waals surface area contributed by atoms with Crippen molar-refractivity contribution in [2.24, 2.45) is 0 Å². The number of para-hydroxylation sites is 1. The molecule has 3 rings (SSSR count). The van der Waals surface area contributed by atoms with Crippen LogP contribution in [0.25, 0.3) is 17.0 Å². The Balaban J connectivity index is 1.88. The van der Waals surface area contributed by atoms with Gasteiger partial charge in [-0.15, -0.1) is 0 Å². The number of carbonyl (C=O) groups is 1. The van der Waals surface area contributed by atoms with Crippen LogP contribution in [0.5, 0.6) is 0 Å². The van der Waals surface area contributed by atoms with Crippen LogP contribution >= 0.6 is 0 Å². The lowest BCUT2D eigenvalue weighted by atomic mass is 10.1. The molecule has 0 saturated carbocycles. The molecule has 0 unspecified atom stereocenters. The van der Waals surface area contributed by atoms with Crippen molar-refractivity contribution in [2.75, 3.05) is 0 Å². The van der Waals surface area contributed by atoms with Gasteiger partial charge in [-0.1, -0.05) is 36.4 Å². The summed E-state index contributed by atoms with van der Waals surface area (Å²) in [5.74, 6) is 0.198. The summed E-state index contributed by atoms with van der Waals surface area (Å²) in [6, 6.07) is 16.7. The Labute approximate surface area is 128 Å². The molecule has 0 radical (unpaired) electrons. The molecule has 3 heteroatoms. The normalized spacial score (nSPS) is 10.9. The maximum absolute atomic E-state index is 12.3. The molecule has 0 saturated heterocycles. The Kier molecular flexibility index (Phi) is 3.59. The minimum absolute atomic E-state index is 0.168. The fourth-order valence-corrected chi connectivity index (χ4v) is 2.33. The summed E-state index contributed by atoms with van der Waals surface area (Å²) in [4.78, 5) is 12.3. The fourth-order valence-electron chi connectivity index (χ4n) is 2.33. The van der Waals surface area contributed by atoms with Crippen molar-refractivity contribution in [3.8, 4) is 6.07 Å². The van der Waals surface area contributed by atoms with Crippen LogP contribution in [0.4, 0.5) is 0 Å². The predicted octanol–water partition coefficient (Wildman–Crippen LogP) is 4.51. The van der Waals surface area contributed by atoms with E-state index < -0.39 is 0 Å². The number of allylic oxidation sites excluding steroid dienone is 1. The molecule has 0 atom stereocenters. The molecule has 2 aromatic carbocycles. The highest BCUT2D eigenvalue weighted by Crippen LogP contribution is 2.25. The van der Waals surface area contributed by atoms with Gasteiger partial charge in [0, 0.05) is 10.9 Å². The van der Waals surface area contributed by atoms with Crippen molar-refractivity contribution < 1.29 is 9.21 Å². The Morgan fingerprint density at radius 1 is 1.14 bits per heavy atom. The van der Waals surface area contributed by atoms with Gasteiger partial charge in [-0.3, -0.25) is 4.79 Å². The van der Waals surface area contributed by atoms with Crippen molar-refractivity contribution >= 4 is 22.8 Å². The molecular formula is C19H13NO2. The lowest BCUT2D eigenvalue weighted by Crippen LogP contribution is -1.93. The smallest absolute Gasteiger partial charge is 0.221 e. The van der Waals surface area contributed by atoms with Crippen molar-refractivity contribution in [1.29, 1.82) is 5.26 Å². The first-order valence-corrected chi connectivity index (χ1v) is 6.90. The summed E-state index contributed by atoms with van der Waals surface area (Å²) in [5, 5.41) is 9.72. The number of hydrogen-bond acceptors (Lipinski definition) is 3. The van der Waals surface area contributed by atoms with Crippen LogP contribution in [0.15, 0.2) is 59.0 Å². The average Bonchev–Trinajstić information content (AvgIpc) is 2.90. The number of nitrogens with zero attached hydrogens (tertiary/aromatic N) is 1. The van der Waals surface area contributed by atoms with Gasteiger partial charge in [0.1, 0.15) is 5.58 Å². The minimum Gasteiger partial charge on any atom is -0.452 e. The lowest BCUT2D eigenvalue weighted by molar-refractivity contribution is 0.102. The van der Waals surface area contributed by atoms with Gasteiger partial charge in [0.25, 0.3) is 0 Å². The Morgan fingerprint density at radius 3 is 2.55 bits per heavy atom. The second-order valence-electron chi connectivity index (χ2n) is 4.98. The van der Waals surface area contributed by atoms with Gasteiger partial charge in [0.05, 0.1) is 11.6 Å². The zero-order valence-corrected chi connectivity index (χ0v) is 12.0. The maximum atomic E-state index is 12.3. The summed E-state index contributed by atoms with van der Waals surface area (Å²) in [7, 11) is 0. The van der Waals surface area contributed by atoms with E-state index in [-0.39, 0.29) is 5.78 Å². The summed E-state index contributed by atoms with van der Waals surface area (Å²) in [6.07, 6.45) is 3.21. The Morgan fingerprint density at radius 2 is 1.86 bits per heavy atom. The maximum Gasteiger partial charge on any atom is 0.221 e. The molecule has 3 nitrogen and oxygen atoms in total. The van der Waals surface area contributed by atoms with E-state index in [2.05, 4.69) is 6.07 Å². The van der Waals surface area contributed by atoms with Crippen LogP contribution in [-0.2, 0) is 0 Å². The van der Waals surface area contributed by atoms with E-state index in [4.69, 9.17) is 9.68 Å². The van der Waals surface area contributed by atoms with E-state index in [9.17, 15) is 4.79 Å². The average molecular weight is 287 g/mol. The van der Waals surface area contributed by atoms with Gasteiger partial charge in [0.15, 0.2) is 5.76 Å². The third-order valence-electron chi connectivity index (χ3n) is 3.53. The van der Waals surface area contributed by atoms with Gasteiger partial charge in [-0.05, 0) is 36.8 Å². The summed E-state index contributed by atoms with van der Waals surface area (Å²) in [5.41, 5.74) is 3.03. The van der Waals surface area contributed by atoms with Crippen molar-refractivity contribution in [1.82, 2.24) is 0 Å². The highest BCUT2D eigenvalue weighted by Gasteiger charge is 2.14. The number of rotatable bonds is 3. The molecule has 22 heavy (non-hydrogen) atoms. The summed E-state index contributed by atoms with van der Waals surface area (Å²) < 4.78 is 5.64. The fraction of sp³-hybridized carbons (Fsp3) is 0.0526. The zero-order valence-electron chi connectivity index (χ0n) is 12.0. The first-order chi connectivity index (χ1) is 10.7. The van der Waals surface area contributed by atoms with Crippen LogP contribution in [0, 0.1) is 18.3 Å². The summed E-state index contributed by atoms with van der Waals surface area (Å²) >= 11 is 0. The molecule has 0 amide bonds. The second-order valence-corrected chi connectivity index (χ2v) is 4.98. The van der Waals surface area contributed by atoms with E-state index in [0.29, 0.717) is 11.3 Å². The minimum atomic E-state index is -0.168. The highest BCUT2D eigenvalue weighted by atomic mass is 16.3. The quantitative estimate of drug-likeness (QED) is 0.526. The number of ketones is 1. The van der Waals surface area contributed by atoms with Crippen molar-refractivity contribution in [2.45, 2.75) is 6.92 Å². The standard InChI is InChI=1S/C19H13NO2/c1-13-16-4-2-3-5-18(16)22-19(13)17(21)11-10-14-6-8-15(12-20)9-7-14/h2-11H,1H3/b11-10+. The molecule has 0 aliphatic rings. The second kappa shape index (κ2) is 5.71. The SMILES string of the molecule is Cc1c(C(=O)/C=C/c2ccc(C#N)cc2)oc2ccccc12. The van der Waals surface area contributed by atoms with E-state index in [1.54, 1.807) is 30.3 Å². The molecule has 106 valence electrons. The molecule has 0 spiro atoms. The molecule has 1 heterocycles. The lowest BCUT2D eigenvalue weighted by Gasteiger charge is -1.94. The molecule has 1 aromatic heterocycles. The van der Waals surface area contributed by atoms with Gasteiger partial charge in [0.2, 0.25) is 5.78 Å². The first kappa shape index (κ1) is 13.8. The monoisotopic (exact) mass is 287 g/mol. The van der Waals surface area contributed by atoms with Gasteiger partial charge < -0.3 is 4.42 Å². The number of carbonyl (C=O) groups excluding carboxylic acids is 1. The van der Waals surface area contributed by atoms with Gasteiger partial charge in [-0.2, -0.15) is 5.26 Å². The van der Waals surface area contributed by atoms with Crippen LogP contribution in [0.1, 0.15) is 27.2 Å². The number of fused-ring (bicyclic) bond motifs is 1. The van der Waals surface area contributed by atoms with Gasteiger partial charge in [-0.25, -0.2) is 0 Å². The largest absolute Gasteiger partial charge is 0.452 e. The van der Waals surface area contributed by atoms with Crippen molar-refractivity contribution in [3.05, 3.63) is 77.1 Å². The molecular weight excluding hydrogens is 274 g/mol. The van der Waals surface area contributed by atoms with E-state index in [1.165, 1.54) is 6.08 Å². The number of furan rings is 1. The Bertz CT molecular complexity index is 909. The number of benzene rings is 2. The van der Waals surface area contributed by atoms with E-state index >= 15 is 0 Å². The Hall–Kier alpha value is -3.12. The molecule has 0 N–H and O–H groups in total. The molecule has 0 bridgehead atoms. The molecule has 3 aromatic rings. The number of aryl methyl sites for hydroxylation is 1. The first-order valence-electron chi connectivity index (χ1n) is 6.90. The van der Waals surface area contributed by atoms with Crippen LogP contribution < -0.4 is 0 Å². The third-order valence-corrected chi connectivity index (χ3v) is 3.53. The molecule has 0 aliphatic carbocycles. The van der Waals surface area contributed by atoms with Crippen LogP contribution in [0.3, 0.4) is 0 Å². The third kappa shape index (κ3) is 2.55. The van der Waals surface area contributed by atoms with Crippen LogP contribution in [-0.4, -0.2) is 5.78 Å². The topological polar surface area (TPSA) is 54.0 Å². The van der Waals surface area contributed by atoms with E-state index in [1.807, 2.05) is 31.2 Å².